The molecule has 0 aromatic carbocycles. The Labute approximate surface area is 112 Å². The minimum Gasteiger partial charge on any atom is -0.394 e. The predicted octanol–water partition coefficient (Wildman–Crippen LogP) is 1.46. The van der Waals surface area contributed by atoms with Crippen molar-refractivity contribution in [1.82, 2.24) is 0 Å². The number of unbranched alkanes of at least 4 members (excludes halogenated alkanes) is 1. The first-order chi connectivity index (χ1) is 8.74. The number of ether oxygens (including phenoxy) is 3. The summed E-state index contributed by atoms with van der Waals surface area (Å²) in [6.07, 6.45) is 2.42. The highest BCUT2D eigenvalue weighted by Crippen LogP contribution is 1.83. The Hall–Kier alpha value is -0.200. The van der Waals surface area contributed by atoms with Gasteiger partial charge in [-0.3, -0.25) is 0 Å². The van der Waals surface area contributed by atoms with Crippen LogP contribution in [0.3, 0.4) is 0 Å². The summed E-state index contributed by atoms with van der Waals surface area (Å²) in [5.74, 6) is 0. The normalized spacial score (nSPS) is 9.00. The summed E-state index contributed by atoms with van der Waals surface area (Å²) in [5, 5.41) is 16.2. The quantitative estimate of drug-likeness (QED) is 0.620. The molecular formula is C13H32O5. The van der Waals surface area contributed by atoms with Gasteiger partial charge in [0.25, 0.3) is 0 Å². The van der Waals surface area contributed by atoms with Crippen LogP contribution in [0.4, 0.5) is 0 Å². The predicted molar refractivity (Wildman–Crippen MR) is 73.9 cm³/mol. The summed E-state index contributed by atoms with van der Waals surface area (Å²) in [7, 11) is 1.73. The summed E-state index contributed by atoms with van der Waals surface area (Å²) >= 11 is 0. The van der Waals surface area contributed by atoms with Gasteiger partial charge in [0.2, 0.25) is 0 Å². The van der Waals surface area contributed by atoms with Crippen LogP contribution in [0, 0.1) is 0 Å². The second-order valence-corrected chi connectivity index (χ2v) is 3.19. The average Bonchev–Trinajstić information content (AvgIpc) is 2.39. The molecule has 0 aliphatic carbocycles. The Morgan fingerprint density at radius 2 is 1.28 bits per heavy atom. The van der Waals surface area contributed by atoms with Crippen molar-refractivity contribution in [3.05, 3.63) is 0 Å². The number of rotatable bonds is 9. The van der Waals surface area contributed by atoms with E-state index in [4.69, 9.17) is 19.7 Å². The zero-order chi connectivity index (χ0) is 14.5. The highest BCUT2D eigenvalue weighted by molar-refractivity contribution is 4.26. The summed E-state index contributed by atoms with van der Waals surface area (Å²) in [6, 6.07) is 0. The van der Waals surface area contributed by atoms with Crippen LogP contribution < -0.4 is 0 Å². The molecule has 0 aliphatic heterocycles. The molecule has 0 aromatic heterocycles. The average molecular weight is 268 g/mol. The molecule has 0 aromatic rings. The Kier molecular flexibility index (Phi) is 38.4. The van der Waals surface area contributed by atoms with E-state index >= 15 is 0 Å². The summed E-state index contributed by atoms with van der Waals surface area (Å²) in [5.41, 5.74) is 0. The molecule has 0 rings (SSSR count). The van der Waals surface area contributed by atoms with Crippen LogP contribution in [-0.2, 0) is 14.2 Å². The summed E-state index contributed by atoms with van der Waals surface area (Å²) in [6.45, 7) is 9.43. The number of hydrogen-bond acceptors (Lipinski definition) is 5. The highest BCUT2D eigenvalue weighted by atomic mass is 16.5. The summed E-state index contributed by atoms with van der Waals surface area (Å²) < 4.78 is 14.2. The zero-order valence-electron chi connectivity index (χ0n) is 12.5. The Balaban J connectivity index is -0.000000190. The van der Waals surface area contributed by atoms with Gasteiger partial charge in [-0.25, -0.2) is 0 Å². The third-order valence-electron chi connectivity index (χ3n) is 1.58. The van der Waals surface area contributed by atoms with E-state index in [2.05, 4.69) is 11.7 Å². The second-order valence-electron chi connectivity index (χ2n) is 3.19. The van der Waals surface area contributed by atoms with Gasteiger partial charge in [0.1, 0.15) is 0 Å². The number of hydrogen-bond donors (Lipinski definition) is 2. The van der Waals surface area contributed by atoms with Crippen LogP contribution in [0.2, 0.25) is 0 Å². The van der Waals surface area contributed by atoms with Crippen molar-refractivity contribution in [2.24, 2.45) is 0 Å². The largest absolute Gasteiger partial charge is 0.394 e. The standard InChI is InChI=1S/C5H12O.C4H10O3.C4H10O/c1-3-4-5-6-2;5-1-3-7-4-2-6;1-3-5-4-2/h3-5H2,1-2H3;5-6H,1-4H2;3-4H2,1-2H3. The van der Waals surface area contributed by atoms with Crippen molar-refractivity contribution < 1.29 is 24.4 Å². The number of aliphatic hydroxyl groups excluding tert-OH is 2. The van der Waals surface area contributed by atoms with Crippen molar-refractivity contribution in [2.45, 2.75) is 33.6 Å². The molecule has 0 saturated heterocycles. The lowest BCUT2D eigenvalue weighted by Gasteiger charge is -1.94. The van der Waals surface area contributed by atoms with E-state index in [1.165, 1.54) is 12.8 Å². The minimum absolute atomic E-state index is 0.0278. The molecular weight excluding hydrogens is 236 g/mol. The van der Waals surface area contributed by atoms with Crippen LogP contribution in [-0.4, -0.2) is 63.6 Å². The van der Waals surface area contributed by atoms with E-state index in [-0.39, 0.29) is 13.2 Å². The van der Waals surface area contributed by atoms with E-state index < -0.39 is 0 Å². The Morgan fingerprint density at radius 3 is 1.44 bits per heavy atom. The molecule has 0 bridgehead atoms. The van der Waals surface area contributed by atoms with Gasteiger partial charge in [-0.1, -0.05) is 13.3 Å². The van der Waals surface area contributed by atoms with Gasteiger partial charge < -0.3 is 24.4 Å². The van der Waals surface area contributed by atoms with Crippen LogP contribution in [0.15, 0.2) is 0 Å². The molecule has 114 valence electrons. The molecule has 0 heterocycles. The molecule has 0 spiro atoms. The molecule has 0 unspecified atom stereocenters. The first-order valence-corrected chi connectivity index (χ1v) is 6.61. The molecule has 0 aliphatic rings. The maximum absolute atomic E-state index is 8.09. The molecule has 2 N–H and O–H groups in total. The van der Waals surface area contributed by atoms with Crippen LogP contribution in [0.5, 0.6) is 0 Å². The minimum atomic E-state index is 0.0278. The smallest absolute Gasteiger partial charge is 0.0698 e. The highest BCUT2D eigenvalue weighted by Gasteiger charge is 1.79. The zero-order valence-corrected chi connectivity index (χ0v) is 12.5. The Bertz CT molecular complexity index is 91.4. The topological polar surface area (TPSA) is 68.2 Å². The van der Waals surface area contributed by atoms with Crippen LogP contribution in [0.25, 0.3) is 0 Å². The van der Waals surface area contributed by atoms with Gasteiger partial charge in [0, 0.05) is 26.9 Å². The van der Waals surface area contributed by atoms with Crippen molar-refractivity contribution in [1.29, 1.82) is 0 Å². The monoisotopic (exact) mass is 268 g/mol. The lowest BCUT2D eigenvalue weighted by atomic mass is 10.4. The lowest BCUT2D eigenvalue weighted by Crippen LogP contribution is -2.03. The lowest BCUT2D eigenvalue weighted by molar-refractivity contribution is 0.0650. The SMILES string of the molecule is CCCCOC.CCOCC.OCCOCCO. The molecule has 0 atom stereocenters. The third-order valence-corrected chi connectivity index (χ3v) is 1.58. The van der Waals surface area contributed by atoms with Gasteiger partial charge in [-0.2, -0.15) is 0 Å². The first kappa shape index (κ1) is 22.9. The third kappa shape index (κ3) is 44.7. The fraction of sp³-hybridized carbons (Fsp3) is 1.00. The molecule has 18 heavy (non-hydrogen) atoms. The van der Waals surface area contributed by atoms with Gasteiger partial charge >= 0.3 is 0 Å². The number of aliphatic hydroxyl groups is 2. The summed E-state index contributed by atoms with van der Waals surface area (Å²) in [4.78, 5) is 0. The van der Waals surface area contributed by atoms with E-state index in [9.17, 15) is 0 Å². The van der Waals surface area contributed by atoms with Crippen molar-refractivity contribution >= 4 is 0 Å². The van der Waals surface area contributed by atoms with E-state index in [1.54, 1.807) is 7.11 Å². The van der Waals surface area contributed by atoms with Gasteiger partial charge in [-0.05, 0) is 20.3 Å². The van der Waals surface area contributed by atoms with Crippen molar-refractivity contribution in [3.8, 4) is 0 Å². The molecule has 5 heteroatoms. The molecule has 0 amide bonds. The molecule has 0 radical (unpaired) electrons. The first-order valence-electron chi connectivity index (χ1n) is 6.61. The van der Waals surface area contributed by atoms with Crippen molar-refractivity contribution in [3.63, 3.8) is 0 Å². The van der Waals surface area contributed by atoms with Gasteiger partial charge in [-0.15, -0.1) is 0 Å². The van der Waals surface area contributed by atoms with Crippen molar-refractivity contribution in [2.75, 3.05) is 53.4 Å². The second kappa shape index (κ2) is 30.1. The molecule has 0 saturated carbocycles. The van der Waals surface area contributed by atoms with Gasteiger partial charge in [0.05, 0.1) is 26.4 Å². The maximum atomic E-state index is 8.09. The molecule has 0 fully saturated rings. The van der Waals surface area contributed by atoms with Crippen LogP contribution in [0.1, 0.15) is 33.6 Å². The number of methoxy groups -OCH3 is 1. The van der Waals surface area contributed by atoms with Gasteiger partial charge in [0.15, 0.2) is 0 Å². The van der Waals surface area contributed by atoms with Crippen LogP contribution >= 0.6 is 0 Å². The van der Waals surface area contributed by atoms with E-state index in [0.29, 0.717) is 13.2 Å². The Morgan fingerprint density at radius 1 is 0.778 bits per heavy atom. The van der Waals surface area contributed by atoms with E-state index in [0.717, 1.165) is 19.8 Å². The fourth-order valence-corrected chi connectivity index (χ4v) is 0.724. The molecule has 5 nitrogen and oxygen atoms in total. The van der Waals surface area contributed by atoms with E-state index in [1.807, 2.05) is 13.8 Å². The fourth-order valence-electron chi connectivity index (χ4n) is 0.724. The maximum Gasteiger partial charge on any atom is 0.0698 e.